The zero-order valence-corrected chi connectivity index (χ0v) is 15.5. The highest BCUT2D eigenvalue weighted by molar-refractivity contribution is 7.09. The minimum absolute atomic E-state index is 0.443. The molecule has 1 aromatic rings. The standard InChI is InChI=1S/C19H34FNOS/c1-2-3-4-5-6-7-8-9-10-11-12-13-14-17(20)18(22)19-21-15-16-23-19/h15-18,22H,2-14H2,1H3. The minimum Gasteiger partial charge on any atom is -0.383 e. The molecule has 0 aliphatic heterocycles. The lowest BCUT2D eigenvalue weighted by Crippen LogP contribution is -2.13. The quantitative estimate of drug-likeness (QED) is 0.364. The second-order valence-corrected chi connectivity index (χ2v) is 7.44. The lowest BCUT2D eigenvalue weighted by atomic mass is 10.0. The van der Waals surface area contributed by atoms with Crippen LogP contribution in [0.1, 0.15) is 102 Å². The lowest BCUT2D eigenvalue weighted by Gasteiger charge is -2.13. The van der Waals surface area contributed by atoms with Crippen molar-refractivity contribution in [3.05, 3.63) is 16.6 Å². The molecule has 1 aromatic heterocycles. The average molecular weight is 344 g/mol. The number of hydrogen-bond donors (Lipinski definition) is 1. The monoisotopic (exact) mass is 343 g/mol. The molecule has 2 nitrogen and oxygen atoms in total. The first-order valence-corrected chi connectivity index (χ1v) is 10.3. The summed E-state index contributed by atoms with van der Waals surface area (Å²) < 4.78 is 13.9. The van der Waals surface area contributed by atoms with E-state index in [-0.39, 0.29) is 0 Å². The summed E-state index contributed by atoms with van der Waals surface area (Å²) >= 11 is 1.32. The molecule has 1 N–H and O–H groups in total. The summed E-state index contributed by atoms with van der Waals surface area (Å²) in [6.45, 7) is 2.25. The van der Waals surface area contributed by atoms with E-state index in [0.29, 0.717) is 11.4 Å². The van der Waals surface area contributed by atoms with Gasteiger partial charge in [0, 0.05) is 11.6 Å². The predicted molar refractivity (Wildman–Crippen MR) is 97.7 cm³/mol. The van der Waals surface area contributed by atoms with Crippen LogP contribution in [0.15, 0.2) is 11.6 Å². The van der Waals surface area contributed by atoms with Crippen molar-refractivity contribution in [2.45, 2.75) is 103 Å². The SMILES string of the molecule is CCCCCCCCCCCCCCC(F)C(O)c1nccs1. The summed E-state index contributed by atoms with van der Waals surface area (Å²) in [6, 6.07) is 0. The molecule has 1 rings (SSSR count). The van der Waals surface area contributed by atoms with Gasteiger partial charge in [0.1, 0.15) is 17.3 Å². The number of nitrogens with zero attached hydrogens (tertiary/aromatic N) is 1. The minimum atomic E-state index is -1.18. The molecule has 1 heterocycles. The van der Waals surface area contributed by atoms with Gasteiger partial charge in [0.2, 0.25) is 0 Å². The van der Waals surface area contributed by atoms with Gasteiger partial charge >= 0.3 is 0 Å². The Hall–Kier alpha value is -0.480. The maximum atomic E-state index is 13.9. The van der Waals surface area contributed by atoms with Crippen molar-refractivity contribution in [2.24, 2.45) is 0 Å². The molecule has 0 amide bonds. The van der Waals surface area contributed by atoms with Crippen molar-refractivity contribution >= 4 is 11.3 Å². The van der Waals surface area contributed by atoms with Crippen LogP contribution >= 0.6 is 11.3 Å². The van der Waals surface area contributed by atoms with Gasteiger partial charge in [-0.3, -0.25) is 0 Å². The highest BCUT2D eigenvalue weighted by Crippen LogP contribution is 2.25. The van der Waals surface area contributed by atoms with Crippen LogP contribution in [0.4, 0.5) is 4.39 Å². The van der Waals surface area contributed by atoms with Gasteiger partial charge in [0.05, 0.1) is 0 Å². The maximum Gasteiger partial charge on any atom is 0.137 e. The first kappa shape index (κ1) is 20.6. The van der Waals surface area contributed by atoms with Gasteiger partial charge in [-0.25, -0.2) is 9.37 Å². The highest BCUT2D eigenvalue weighted by atomic mass is 32.1. The topological polar surface area (TPSA) is 33.1 Å². The smallest absolute Gasteiger partial charge is 0.137 e. The molecule has 0 saturated heterocycles. The van der Waals surface area contributed by atoms with Crippen LogP contribution < -0.4 is 0 Å². The molecular weight excluding hydrogens is 309 g/mol. The normalized spacial score (nSPS) is 14.0. The Labute approximate surface area is 145 Å². The molecule has 0 aromatic carbocycles. The summed E-state index contributed by atoms with van der Waals surface area (Å²) in [5, 5.41) is 12.1. The number of aromatic nitrogens is 1. The van der Waals surface area contributed by atoms with Gasteiger partial charge in [-0.15, -0.1) is 11.3 Å². The third-order valence-corrected chi connectivity index (χ3v) is 5.23. The molecule has 0 bridgehead atoms. The second-order valence-electron chi connectivity index (χ2n) is 6.51. The van der Waals surface area contributed by atoms with Crippen LogP contribution in [-0.4, -0.2) is 16.3 Å². The van der Waals surface area contributed by atoms with E-state index in [1.165, 1.54) is 75.5 Å². The van der Waals surface area contributed by atoms with E-state index in [1.807, 2.05) is 0 Å². The Morgan fingerprint density at radius 1 is 0.957 bits per heavy atom. The maximum absolute atomic E-state index is 13.9. The van der Waals surface area contributed by atoms with E-state index in [0.717, 1.165) is 12.8 Å². The predicted octanol–water partition coefficient (Wildman–Crippen LogP) is 6.61. The zero-order valence-electron chi connectivity index (χ0n) is 14.7. The van der Waals surface area contributed by atoms with Crippen LogP contribution in [0.25, 0.3) is 0 Å². The van der Waals surface area contributed by atoms with Crippen molar-refractivity contribution in [1.82, 2.24) is 4.98 Å². The van der Waals surface area contributed by atoms with Gasteiger partial charge in [-0.2, -0.15) is 0 Å². The van der Waals surface area contributed by atoms with E-state index in [9.17, 15) is 9.50 Å². The number of rotatable bonds is 15. The molecule has 134 valence electrons. The van der Waals surface area contributed by atoms with Crippen molar-refractivity contribution in [2.75, 3.05) is 0 Å². The fourth-order valence-electron chi connectivity index (χ4n) is 2.87. The van der Waals surface area contributed by atoms with E-state index < -0.39 is 12.3 Å². The molecule has 0 saturated carbocycles. The number of halogens is 1. The Bertz CT molecular complexity index is 358. The molecule has 2 atom stereocenters. The fraction of sp³-hybridized carbons (Fsp3) is 0.842. The van der Waals surface area contributed by atoms with E-state index in [1.54, 1.807) is 11.6 Å². The van der Waals surface area contributed by atoms with Crippen molar-refractivity contribution < 1.29 is 9.50 Å². The summed E-state index contributed by atoms with van der Waals surface area (Å²) in [6.07, 6.45) is 15.1. The van der Waals surface area contributed by atoms with Crippen LogP contribution in [0.3, 0.4) is 0 Å². The number of alkyl halides is 1. The zero-order chi connectivity index (χ0) is 16.8. The van der Waals surface area contributed by atoms with Gasteiger partial charge in [0.15, 0.2) is 0 Å². The summed E-state index contributed by atoms with van der Waals surface area (Å²) in [5.41, 5.74) is 0. The van der Waals surface area contributed by atoms with Gasteiger partial charge < -0.3 is 5.11 Å². The Morgan fingerprint density at radius 3 is 1.96 bits per heavy atom. The van der Waals surface area contributed by atoms with E-state index in [2.05, 4.69) is 11.9 Å². The lowest BCUT2D eigenvalue weighted by molar-refractivity contribution is 0.0705. The molecule has 4 heteroatoms. The van der Waals surface area contributed by atoms with E-state index >= 15 is 0 Å². The fourth-order valence-corrected chi connectivity index (χ4v) is 3.54. The molecule has 2 unspecified atom stereocenters. The van der Waals surface area contributed by atoms with Crippen molar-refractivity contribution in [3.8, 4) is 0 Å². The van der Waals surface area contributed by atoms with Gasteiger partial charge in [-0.1, -0.05) is 84.0 Å². The largest absolute Gasteiger partial charge is 0.383 e. The van der Waals surface area contributed by atoms with Gasteiger partial charge in [-0.05, 0) is 6.42 Å². The molecule has 0 fully saturated rings. The van der Waals surface area contributed by atoms with Crippen LogP contribution in [0, 0.1) is 0 Å². The first-order valence-electron chi connectivity index (χ1n) is 9.47. The number of hydrogen-bond acceptors (Lipinski definition) is 3. The Kier molecular flexibility index (Phi) is 12.4. The average Bonchev–Trinajstić information content (AvgIpc) is 3.09. The van der Waals surface area contributed by atoms with Crippen molar-refractivity contribution in [1.29, 1.82) is 0 Å². The van der Waals surface area contributed by atoms with Crippen LogP contribution in [0.2, 0.25) is 0 Å². The van der Waals surface area contributed by atoms with Gasteiger partial charge in [0.25, 0.3) is 0 Å². The third kappa shape index (κ3) is 10.1. The van der Waals surface area contributed by atoms with Crippen molar-refractivity contribution in [3.63, 3.8) is 0 Å². The third-order valence-electron chi connectivity index (χ3n) is 4.38. The van der Waals surface area contributed by atoms with E-state index in [4.69, 9.17) is 0 Å². The summed E-state index contributed by atoms with van der Waals surface area (Å²) in [5.74, 6) is 0. The van der Waals surface area contributed by atoms with Crippen LogP contribution in [-0.2, 0) is 0 Å². The number of unbranched alkanes of at least 4 members (excludes halogenated alkanes) is 11. The number of aliphatic hydroxyl groups is 1. The highest BCUT2D eigenvalue weighted by Gasteiger charge is 2.21. The Balaban J connectivity index is 1.86. The molecule has 0 aliphatic carbocycles. The summed E-state index contributed by atoms with van der Waals surface area (Å²) in [7, 11) is 0. The molecule has 0 spiro atoms. The summed E-state index contributed by atoms with van der Waals surface area (Å²) in [4.78, 5) is 3.98. The second kappa shape index (κ2) is 13.9. The number of aliphatic hydroxyl groups excluding tert-OH is 1. The number of thiazole rings is 1. The molecular formula is C19H34FNOS. The molecule has 0 radical (unpaired) electrons. The first-order chi connectivity index (χ1) is 11.3. The molecule has 0 aliphatic rings. The Morgan fingerprint density at radius 2 is 1.48 bits per heavy atom. The molecule has 23 heavy (non-hydrogen) atoms. The van der Waals surface area contributed by atoms with Crippen LogP contribution in [0.5, 0.6) is 0 Å².